The van der Waals surface area contributed by atoms with E-state index in [1.807, 2.05) is 0 Å². The van der Waals surface area contributed by atoms with E-state index in [-0.39, 0.29) is 5.75 Å². The molecule has 7 nitrogen and oxygen atoms in total. The summed E-state index contributed by atoms with van der Waals surface area (Å²) in [6, 6.07) is 5.33. The molecule has 0 radical (unpaired) electrons. The number of hydrogen-bond acceptors (Lipinski definition) is 9. The molecule has 0 unspecified atom stereocenters. The molecular weight excluding hydrogens is 367 g/mol. The highest BCUT2D eigenvalue weighted by molar-refractivity contribution is 8.00. The Bertz CT molecular complexity index is 777. The summed E-state index contributed by atoms with van der Waals surface area (Å²) in [6.07, 6.45) is -3.46. The quantitative estimate of drug-likeness (QED) is 0.650. The van der Waals surface area contributed by atoms with Crippen molar-refractivity contribution in [2.45, 2.75) is 16.5 Å². The molecule has 2 heterocycles. The van der Waals surface area contributed by atoms with Crippen molar-refractivity contribution in [2.75, 3.05) is 5.32 Å². The first-order valence-corrected chi connectivity index (χ1v) is 8.12. The normalized spacial score (nSPS) is 11.5. The van der Waals surface area contributed by atoms with Crippen LogP contribution in [0.5, 0.6) is 5.75 Å². The molecule has 0 aliphatic carbocycles. The smallest absolute Gasteiger partial charge is 0.406 e. The Hall–Kier alpha value is -2.34. The van der Waals surface area contributed by atoms with Gasteiger partial charge >= 0.3 is 6.36 Å². The summed E-state index contributed by atoms with van der Waals surface area (Å²) < 4.78 is 45.4. The largest absolute Gasteiger partial charge is 0.573 e. The van der Waals surface area contributed by atoms with Crippen molar-refractivity contribution < 1.29 is 22.4 Å². The van der Waals surface area contributed by atoms with Crippen LogP contribution in [0.15, 0.2) is 39.5 Å². The predicted molar refractivity (Wildman–Crippen MR) is 80.2 cm³/mol. The fourth-order valence-corrected chi connectivity index (χ4v) is 3.19. The van der Waals surface area contributed by atoms with Gasteiger partial charge in [-0.1, -0.05) is 28.3 Å². The number of rotatable bonds is 6. The van der Waals surface area contributed by atoms with Gasteiger partial charge in [0.2, 0.25) is 11.5 Å². The maximum absolute atomic E-state index is 12.1. The molecule has 0 atom stereocenters. The van der Waals surface area contributed by atoms with E-state index in [0.717, 1.165) is 0 Å². The molecule has 1 N–H and O–H groups in total. The molecule has 12 heteroatoms. The lowest BCUT2D eigenvalue weighted by Gasteiger charge is -2.09. The minimum Gasteiger partial charge on any atom is -0.406 e. The summed E-state index contributed by atoms with van der Waals surface area (Å²) in [7, 11) is 0. The summed E-state index contributed by atoms with van der Waals surface area (Å²) in [5.74, 6) is 0.751. The van der Waals surface area contributed by atoms with Crippen molar-refractivity contribution in [3.05, 3.63) is 36.5 Å². The number of halogens is 3. The van der Waals surface area contributed by atoms with Crippen LogP contribution in [0.1, 0.15) is 5.82 Å². The molecule has 0 fully saturated rings. The average molecular weight is 375 g/mol. The van der Waals surface area contributed by atoms with E-state index >= 15 is 0 Å². The molecule has 0 spiro atoms. The molecule has 0 saturated heterocycles. The molecule has 126 valence electrons. The second kappa shape index (κ2) is 7.05. The van der Waals surface area contributed by atoms with Crippen molar-refractivity contribution in [1.29, 1.82) is 0 Å². The molecule has 0 amide bonds. The molecule has 0 aliphatic rings. The molecule has 3 aromatic rings. The van der Waals surface area contributed by atoms with E-state index in [1.54, 1.807) is 0 Å². The van der Waals surface area contributed by atoms with Gasteiger partial charge in [-0.2, -0.15) is 4.98 Å². The minimum atomic E-state index is -4.71. The molecule has 3 rings (SSSR count). The summed E-state index contributed by atoms with van der Waals surface area (Å²) in [4.78, 5) is 3.89. The number of ether oxygens (including phenoxy) is 1. The number of nitrogens with one attached hydrogen (secondary N) is 1. The fraction of sp³-hybridized carbons (Fsp3) is 0.167. The number of hydrogen-bond donors (Lipinski definition) is 1. The molecule has 24 heavy (non-hydrogen) atoms. The highest BCUT2D eigenvalue weighted by Crippen LogP contribution is 2.30. The lowest BCUT2D eigenvalue weighted by molar-refractivity contribution is -0.274. The first-order chi connectivity index (χ1) is 11.5. The van der Waals surface area contributed by atoms with Gasteiger partial charge in [-0.05, 0) is 24.3 Å². The minimum absolute atomic E-state index is 0.290. The molecule has 1 aromatic carbocycles. The predicted octanol–water partition coefficient (Wildman–Crippen LogP) is 3.86. The molecular formula is C12H8F3N5O2S2. The van der Waals surface area contributed by atoms with Gasteiger partial charge in [0, 0.05) is 5.69 Å². The number of thioether (sulfide) groups is 1. The monoisotopic (exact) mass is 375 g/mol. The van der Waals surface area contributed by atoms with E-state index in [0.29, 0.717) is 26.7 Å². The Labute approximate surface area is 141 Å². The zero-order valence-electron chi connectivity index (χ0n) is 11.6. The van der Waals surface area contributed by atoms with Gasteiger partial charge in [-0.3, -0.25) is 0 Å². The number of aromatic nitrogens is 4. The van der Waals surface area contributed by atoms with Gasteiger partial charge in [0.15, 0.2) is 10.2 Å². The van der Waals surface area contributed by atoms with Crippen molar-refractivity contribution in [3.63, 3.8) is 0 Å². The third kappa shape index (κ3) is 4.83. The van der Waals surface area contributed by atoms with Crippen molar-refractivity contribution >= 4 is 33.9 Å². The van der Waals surface area contributed by atoms with Crippen LogP contribution in [0.4, 0.5) is 24.0 Å². The lowest BCUT2D eigenvalue weighted by Crippen LogP contribution is -2.16. The van der Waals surface area contributed by atoms with E-state index in [2.05, 4.69) is 34.9 Å². The van der Waals surface area contributed by atoms with Crippen molar-refractivity contribution in [2.24, 2.45) is 0 Å². The Morgan fingerprint density at radius 2 is 2.00 bits per heavy atom. The van der Waals surface area contributed by atoms with Crippen LogP contribution in [0.25, 0.3) is 0 Å². The lowest BCUT2D eigenvalue weighted by atomic mass is 10.3. The van der Waals surface area contributed by atoms with Crippen LogP contribution < -0.4 is 10.1 Å². The number of alkyl halides is 3. The fourth-order valence-electron chi connectivity index (χ4n) is 1.56. The Kier molecular flexibility index (Phi) is 4.85. The molecule has 2 aromatic heterocycles. The Morgan fingerprint density at radius 3 is 2.67 bits per heavy atom. The van der Waals surface area contributed by atoms with Crippen LogP contribution >= 0.6 is 23.1 Å². The second-order valence-electron chi connectivity index (χ2n) is 4.21. The summed E-state index contributed by atoms with van der Waals surface area (Å²) in [6.45, 7) is 0. The van der Waals surface area contributed by atoms with Crippen LogP contribution in [-0.2, 0) is 5.75 Å². The van der Waals surface area contributed by atoms with Gasteiger partial charge in [0.1, 0.15) is 5.75 Å². The first-order valence-electron chi connectivity index (χ1n) is 6.32. The van der Waals surface area contributed by atoms with Gasteiger partial charge in [-0.15, -0.1) is 23.4 Å². The molecule has 0 saturated carbocycles. The Balaban J connectivity index is 1.56. The average Bonchev–Trinajstić information content (AvgIpc) is 3.17. The van der Waals surface area contributed by atoms with Gasteiger partial charge in [0.25, 0.3) is 0 Å². The van der Waals surface area contributed by atoms with Crippen LogP contribution in [0.2, 0.25) is 0 Å². The standard InChI is InChI=1S/C12H8F3N5O2S2/c13-12(14,15)22-8-3-1-7(2-4-8)17-10-18-19-11(24-10)23-5-9-16-6-21-20-9/h1-4,6H,5H2,(H,17,18). The number of anilines is 2. The highest BCUT2D eigenvalue weighted by atomic mass is 32.2. The maximum atomic E-state index is 12.1. The number of nitrogens with zero attached hydrogens (tertiary/aromatic N) is 4. The van der Waals surface area contributed by atoms with E-state index in [4.69, 9.17) is 0 Å². The molecule has 0 aliphatic heterocycles. The number of benzene rings is 1. The van der Waals surface area contributed by atoms with Crippen LogP contribution in [-0.4, -0.2) is 26.7 Å². The first kappa shape index (κ1) is 16.5. The van der Waals surface area contributed by atoms with Gasteiger partial charge < -0.3 is 14.6 Å². The topological polar surface area (TPSA) is 86.0 Å². The second-order valence-corrected chi connectivity index (χ2v) is 6.41. The van der Waals surface area contributed by atoms with Crippen molar-refractivity contribution in [1.82, 2.24) is 20.3 Å². The summed E-state index contributed by atoms with van der Waals surface area (Å²) in [5.41, 5.74) is 0.565. The van der Waals surface area contributed by atoms with E-state index in [1.165, 1.54) is 53.8 Å². The SMILES string of the molecule is FC(F)(F)Oc1ccc(Nc2nnc(SCc3ncon3)s2)cc1. The zero-order valence-corrected chi connectivity index (χ0v) is 13.3. The zero-order chi connectivity index (χ0) is 17.0. The van der Waals surface area contributed by atoms with E-state index < -0.39 is 6.36 Å². The van der Waals surface area contributed by atoms with Gasteiger partial charge in [0.05, 0.1) is 5.75 Å². The van der Waals surface area contributed by atoms with Crippen LogP contribution in [0.3, 0.4) is 0 Å². The molecule has 0 bridgehead atoms. The third-order valence-electron chi connectivity index (χ3n) is 2.48. The van der Waals surface area contributed by atoms with Gasteiger partial charge in [-0.25, -0.2) is 0 Å². The van der Waals surface area contributed by atoms with Crippen molar-refractivity contribution in [3.8, 4) is 5.75 Å². The third-order valence-corrected chi connectivity index (χ3v) is 4.45. The Morgan fingerprint density at radius 1 is 1.21 bits per heavy atom. The summed E-state index contributed by atoms with van der Waals surface area (Å²) in [5, 5.41) is 15.1. The highest BCUT2D eigenvalue weighted by Gasteiger charge is 2.30. The maximum Gasteiger partial charge on any atom is 0.573 e. The van der Waals surface area contributed by atoms with E-state index in [9.17, 15) is 13.2 Å². The van der Waals surface area contributed by atoms with Crippen LogP contribution in [0, 0.1) is 0 Å². The summed E-state index contributed by atoms with van der Waals surface area (Å²) >= 11 is 2.69.